The molecule has 2 aromatic rings. The molecule has 3 N–H and O–H groups in total. The van der Waals surface area contributed by atoms with Crippen LogP contribution in [0.25, 0.3) is 0 Å². The second kappa shape index (κ2) is 8.51. The summed E-state index contributed by atoms with van der Waals surface area (Å²) >= 11 is 0. The number of phenols is 1. The van der Waals surface area contributed by atoms with Gasteiger partial charge in [-0.25, -0.2) is 4.98 Å². The van der Waals surface area contributed by atoms with Gasteiger partial charge in [-0.2, -0.15) is 0 Å². The van der Waals surface area contributed by atoms with Gasteiger partial charge in [0.2, 0.25) is 5.91 Å². The van der Waals surface area contributed by atoms with Gasteiger partial charge in [0.05, 0.1) is 5.69 Å². The number of carbonyl (C=O) groups excluding carboxylic acids is 1. The van der Waals surface area contributed by atoms with Gasteiger partial charge >= 0.3 is 0 Å². The smallest absolute Gasteiger partial charge is 0.224 e. The number of aromatic nitrogens is 1. The molecule has 0 aliphatic heterocycles. The molecule has 0 atom stereocenters. The molecule has 1 aromatic heterocycles. The van der Waals surface area contributed by atoms with Crippen LogP contribution in [0.2, 0.25) is 0 Å². The number of nitrogens with zero attached hydrogens (tertiary/aromatic N) is 1. The first-order valence-electron chi connectivity index (χ1n) is 9.01. The van der Waals surface area contributed by atoms with E-state index in [9.17, 15) is 9.90 Å². The molecule has 0 bridgehead atoms. The summed E-state index contributed by atoms with van der Waals surface area (Å²) in [6, 6.07) is 10.4. The van der Waals surface area contributed by atoms with Crippen molar-refractivity contribution in [2.24, 2.45) is 5.92 Å². The minimum Gasteiger partial charge on any atom is -0.508 e. The summed E-state index contributed by atoms with van der Waals surface area (Å²) in [5.74, 6) is 1.54. The van der Waals surface area contributed by atoms with E-state index < -0.39 is 0 Å². The van der Waals surface area contributed by atoms with Crippen LogP contribution in [0.15, 0.2) is 42.6 Å². The van der Waals surface area contributed by atoms with E-state index in [4.69, 9.17) is 0 Å². The molecule has 0 radical (unpaired) electrons. The lowest BCUT2D eigenvalue weighted by molar-refractivity contribution is -0.116. The number of phenolic OH excluding ortho intramolecular Hbond substituents is 1. The van der Waals surface area contributed by atoms with Gasteiger partial charge in [0.1, 0.15) is 5.75 Å². The lowest BCUT2D eigenvalue weighted by atomic mass is 9.86. The van der Waals surface area contributed by atoms with Gasteiger partial charge in [0.15, 0.2) is 5.82 Å². The van der Waals surface area contributed by atoms with Crippen LogP contribution in [0, 0.1) is 5.92 Å². The van der Waals surface area contributed by atoms with Crippen LogP contribution in [0.4, 0.5) is 17.2 Å². The molecule has 5 nitrogen and oxygen atoms in total. The Kier molecular flexibility index (Phi) is 5.88. The first kappa shape index (κ1) is 17.3. The zero-order valence-corrected chi connectivity index (χ0v) is 14.4. The molecule has 1 aliphatic rings. The summed E-state index contributed by atoms with van der Waals surface area (Å²) in [6.45, 7) is 0. The second-order valence-corrected chi connectivity index (χ2v) is 6.66. The fourth-order valence-corrected chi connectivity index (χ4v) is 3.31. The lowest BCUT2D eigenvalue weighted by Gasteiger charge is -2.21. The maximum absolute atomic E-state index is 12.3. The monoisotopic (exact) mass is 339 g/mol. The quantitative estimate of drug-likeness (QED) is 0.659. The highest BCUT2D eigenvalue weighted by atomic mass is 16.3. The van der Waals surface area contributed by atoms with Crippen LogP contribution < -0.4 is 10.6 Å². The number of aromatic hydroxyl groups is 1. The van der Waals surface area contributed by atoms with Crippen molar-refractivity contribution in [3.05, 3.63) is 42.6 Å². The van der Waals surface area contributed by atoms with Crippen LogP contribution in [-0.4, -0.2) is 16.0 Å². The molecular formula is C20H25N3O2. The number of nitrogens with one attached hydrogen (secondary N) is 2. The largest absolute Gasteiger partial charge is 0.508 e. The molecule has 0 spiro atoms. The minimum absolute atomic E-state index is 0.0346. The van der Waals surface area contributed by atoms with E-state index >= 15 is 0 Å². The molecular weight excluding hydrogens is 314 g/mol. The van der Waals surface area contributed by atoms with Crippen LogP contribution in [0.5, 0.6) is 5.75 Å². The lowest BCUT2D eigenvalue weighted by Crippen LogP contribution is -2.15. The molecule has 132 valence electrons. The average molecular weight is 339 g/mol. The van der Waals surface area contributed by atoms with Gasteiger partial charge in [-0.3, -0.25) is 4.79 Å². The fraction of sp³-hybridized carbons (Fsp3) is 0.400. The highest BCUT2D eigenvalue weighted by Gasteiger charge is 2.15. The van der Waals surface area contributed by atoms with Crippen molar-refractivity contribution in [1.82, 2.24) is 4.98 Å². The van der Waals surface area contributed by atoms with Gasteiger partial charge in [-0.05, 0) is 48.7 Å². The maximum Gasteiger partial charge on any atom is 0.224 e. The van der Waals surface area contributed by atoms with E-state index in [1.54, 1.807) is 36.5 Å². The van der Waals surface area contributed by atoms with Crippen molar-refractivity contribution in [1.29, 1.82) is 0 Å². The van der Waals surface area contributed by atoms with E-state index in [0.29, 0.717) is 23.8 Å². The molecule has 0 saturated heterocycles. The Morgan fingerprint density at radius 3 is 2.64 bits per heavy atom. The number of benzene rings is 1. The molecule has 1 aliphatic carbocycles. The normalized spacial score (nSPS) is 14.9. The SMILES string of the molecule is O=C(CCC1CCCCC1)Nc1cccnc1Nc1ccc(O)cc1. The van der Waals surface area contributed by atoms with Gasteiger partial charge in [-0.15, -0.1) is 0 Å². The van der Waals surface area contributed by atoms with Crippen molar-refractivity contribution < 1.29 is 9.90 Å². The van der Waals surface area contributed by atoms with E-state index in [1.807, 2.05) is 6.07 Å². The van der Waals surface area contributed by atoms with E-state index in [1.165, 1.54) is 32.1 Å². The van der Waals surface area contributed by atoms with E-state index in [0.717, 1.165) is 12.1 Å². The molecule has 5 heteroatoms. The third-order valence-electron chi connectivity index (χ3n) is 4.72. The van der Waals surface area contributed by atoms with E-state index in [2.05, 4.69) is 15.6 Å². The first-order chi connectivity index (χ1) is 12.2. The summed E-state index contributed by atoms with van der Waals surface area (Å²) in [4.78, 5) is 16.6. The molecule has 1 fully saturated rings. The Morgan fingerprint density at radius 2 is 1.88 bits per heavy atom. The molecule has 1 saturated carbocycles. The van der Waals surface area contributed by atoms with Gasteiger partial charge in [0.25, 0.3) is 0 Å². The number of pyridine rings is 1. The number of anilines is 3. The predicted molar refractivity (Wildman–Crippen MR) is 100 cm³/mol. The standard InChI is InChI=1S/C20H25N3O2/c24-17-11-9-16(10-12-17)22-20-18(7-4-14-21-20)23-19(25)13-8-15-5-2-1-3-6-15/h4,7,9-12,14-15,24H,1-3,5-6,8,13H2,(H,21,22)(H,23,25). The zero-order valence-electron chi connectivity index (χ0n) is 14.4. The fourth-order valence-electron chi connectivity index (χ4n) is 3.31. The topological polar surface area (TPSA) is 74.2 Å². The maximum atomic E-state index is 12.3. The third kappa shape index (κ3) is 5.21. The summed E-state index contributed by atoms with van der Waals surface area (Å²) < 4.78 is 0. The van der Waals surface area contributed by atoms with Crippen molar-refractivity contribution >= 4 is 23.1 Å². The summed E-state index contributed by atoms with van der Waals surface area (Å²) in [7, 11) is 0. The summed E-state index contributed by atoms with van der Waals surface area (Å²) in [5, 5.41) is 15.5. The molecule has 3 rings (SSSR count). The Labute approximate surface area is 148 Å². The van der Waals surface area contributed by atoms with Crippen molar-refractivity contribution in [2.45, 2.75) is 44.9 Å². The minimum atomic E-state index is 0.0346. The zero-order chi connectivity index (χ0) is 17.5. The Balaban J connectivity index is 1.58. The number of carbonyl (C=O) groups is 1. The Bertz CT molecular complexity index is 694. The first-order valence-corrected chi connectivity index (χ1v) is 9.01. The van der Waals surface area contributed by atoms with Crippen molar-refractivity contribution in [3.63, 3.8) is 0 Å². The number of hydrogen-bond acceptors (Lipinski definition) is 4. The Morgan fingerprint density at radius 1 is 1.12 bits per heavy atom. The van der Waals surface area contributed by atoms with Gasteiger partial charge < -0.3 is 15.7 Å². The van der Waals surface area contributed by atoms with Crippen LogP contribution in [0.1, 0.15) is 44.9 Å². The summed E-state index contributed by atoms with van der Waals surface area (Å²) in [5.41, 5.74) is 1.47. The van der Waals surface area contributed by atoms with Crippen LogP contribution in [-0.2, 0) is 4.79 Å². The van der Waals surface area contributed by atoms with Gasteiger partial charge in [-0.1, -0.05) is 32.1 Å². The van der Waals surface area contributed by atoms with Crippen molar-refractivity contribution in [3.8, 4) is 5.75 Å². The molecule has 25 heavy (non-hydrogen) atoms. The molecule has 0 unspecified atom stereocenters. The van der Waals surface area contributed by atoms with Crippen LogP contribution >= 0.6 is 0 Å². The van der Waals surface area contributed by atoms with Crippen LogP contribution in [0.3, 0.4) is 0 Å². The van der Waals surface area contributed by atoms with Gasteiger partial charge in [0, 0.05) is 18.3 Å². The highest BCUT2D eigenvalue weighted by molar-refractivity contribution is 5.94. The second-order valence-electron chi connectivity index (χ2n) is 6.66. The molecule has 1 amide bonds. The highest BCUT2D eigenvalue weighted by Crippen LogP contribution is 2.28. The molecule has 1 aromatic carbocycles. The third-order valence-corrected chi connectivity index (χ3v) is 4.72. The summed E-state index contributed by atoms with van der Waals surface area (Å²) in [6.07, 6.45) is 9.66. The number of rotatable bonds is 6. The molecule has 1 heterocycles. The average Bonchev–Trinajstić information content (AvgIpc) is 2.64. The van der Waals surface area contributed by atoms with E-state index in [-0.39, 0.29) is 11.7 Å². The number of hydrogen-bond donors (Lipinski definition) is 3. The van der Waals surface area contributed by atoms with Crippen molar-refractivity contribution in [2.75, 3.05) is 10.6 Å². The number of amides is 1. The predicted octanol–water partition coefficient (Wildman–Crippen LogP) is 4.83. The Hall–Kier alpha value is -2.56.